The van der Waals surface area contributed by atoms with Gasteiger partial charge in [-0.15, -0.1) is 27.0 Å². The highest BCUT2D eigenvalue weighted by molar-refractivity contribution is 7.98. The van der Waals surface area contributed by atoms with Gasteiger partial charge in [0.15, 0.2) is 15.0 Å². The van der Waals surface area contributed by atoms with Crippen LogP contribution in [0.15, 0.2) is 42.1 Å². The molecule has 2 aromatic heterocycles. The molecule has 168 valence electrons. The Morgan fingerprint density at radius 2 is 2.06 bits per heavy atom. The number of nitrogens with one attached hydrogen (secondary N) is 1. The lowest BCUT2D eigenvalue weighted by molar-refractivity contribution is 0.102. The molecule has 3 heterocycles. The number of sulfone groups is 1. The minimum absolute atomic E-state index is 0.0792. The van der Waals surface area contributed by atoms with Gasteiger partial charge in [-0.3, -0.25) is 4.79 Å². The predicted molar refractivity (Wildman–Crippen MR) is 120 cm³/mol. The van der Waals surface area contributed by atoms with E-state index in [0.29, 0.717) is 40.4 Å². The van der Waals surface area contributed by atoms with Gasteiger partial charge in [0.05, 0.1) is 17.3 Å². The highest BCUT2D eigenvalue weighted by Crippen LogP contribution is 2.31. The molecule has 9 nitrogen and oxygen atoms in total. The van der Waals surface area contributed by atoms with Crippen molar-refractivity contribution in [3.8, 4) is 0 Å². The van der Waals surface area contributed by atoms with Crippen molar-refractivity contribution in [2.45, 2.75) is 29.8 Å². The van der Waals surface area contributed by atoms with Gasteiger partial charge in [0, 0.05) is 18.2 Å². The maximum Gasteiger partial charge on any atom is 0.286 e. The van der Waals surface area contributed by atoms with Crippen molar-refractivity contribution < 1.29 is 17.6 Å². The topological polar surface area (TPSA) is 120 Å². The van der Waals surface area contributed by atoms with Gasteiger partial charge in [-0.2, -0.15) is 0 Å². The molecule has 32 heavy (non-hydrogen) atoms. The first-order valence-corrected chi connectivity index (χ1v) is 13.2. The van der Waals surface area contributed by atoms with E-state index in [4.69, 9.17) is 0 Å². The van der Waals surface area contributed by atoms with Gasteiger partial charge in [0.1, 0.15) is 16.6 Å². The fourth-order valence-corrected chi connectivity index (χ4v) is 6.67. The van der Waals surface area contributed by atoms with Gasteiger partial charge in [-0.05, 0) is 30.7 Å². The first-order valence-electron chi connectivity index (χ1n) is 9.61. The molecule has 1 saturated heterocycles. The molecule has 1 aliphatic heterocycles. The second-order valence-corrected chi connectivity index (χ2v) is 11.3. The quantitative estimate of drug-likeness (QED) is 0.375. The first kappa shape index (κ1) is 22.6. The van der Waals surface area contributed by atoms with Gasteiger partial charge >= 0.3 is 0 Å². The fourth-order valence-electron chi connectivity index (χ4n) is 3.26. The second kappa shape index (κ2) is 9.46. The van der Waals surface area contributed by atoms with Gasteiger partial charge in [0.25, 0.3) is 5.91 Å². The van der Waals surface area contributed by atoms with E-state index in [1.807, 2.05) is 4.57 Å². The van der Waals surface area contributed by atoms with Gasteiger partial charge < -0.3 is 9.88 Å². The standard InChI is InChI=1S/C19H19FN6O3S3/c1-2-8-26-16(12-7-9-32(28,29)11-12)23-25-19(26)30-10-15-22-24-18(31-15)17(27)21-14-5-3-13(20)4-6-14/h2-6,12H,1,7-11H2,(H,21,27). The normalized spacial score (nSPS) is 17.3. The van der Waals surface area contributed by atoms with Crippen LogP contribution in [0.25, 0.3) is 0 Å². The van der Waals surface area contributed by atoms with Crippen LogP contribution in [0.4, 0.5) is 10.1 Å². The van der Waals surface area contributed by atoms with Crippen LogP contribution >= 0.6 is 23.1 Å². The molecule has 1 N–H and O–H groups in total. The van der Waals surface area contributed by atoms with Crippen molar-refractivity contribution in [2.24, 2.45) is 0 Å². The van der Waals surface area contributed by atoms with Crippen LogP contribution in [0.1, 0.15) is 33.0 Å². The van der Waals surface area contributed by atoms with E-state index in [1.165, 1.54) is 36.0 Å². The molecule has 0 aliphatic carbocycles. The van der Waals surface area contributed by atoms with E-state index in [-0.39, 0.29) is 28.2 Å². The van der Waals surface area contributed by atoms with Crippen molar-refractivity contribution in [2.75, 3.05) is 16.8 Å². The molecule has 1 atom stereocenters. The number of halogens is 1. The van der Waals surface area contributed by atoms with Crippen molar-refractivity contribution in [3.05, 3.63) is 58.6 Å². The van der Waals surface area contributed by atoms with Crippen molar-refractivity contribution in [1.29, 1.82) is 0 Å². The Morgan fingerprint density at radius 1 is 1.28 bits per heavy atom. The van der Waals surface area contributed by atoms with Gasteiger partial charge in [-0.25, -0.2) is 12.8 Å². The van der Waals surface area contributed by atoms with E-state index in [9.17, 15) is 17.6 Å². The third-order valence-corrected chi connectivity index (χ3v) is 8.59. The Balaban J connectivity index is 1.42. The number of nitrogens with zero attached hydrogens (tertiary/aromatic N) is 5. The largest absolute Gasteiger partial charge is 0.320 e. The Bertz CT molecular complexity index is 1240. The molecule has 0 saturated carbocycles. The van der Waals surface area contributed by atoms with E-state index in [1.54, 1.807) is 6.08 Å². The summed E-state index contributed by atoms with van der Waals surface area (Å²) in [5.74, 6) is 0.310. The van der Waals surface area contributed by atoms with Crippen LogP contribution in [-0.4, -0.2) is 50.8 Å². The number of thioether (sulfide) groups is 1. The molecule has 1 amide bonds. The summed E-state index contributed by atoms with van der Waals surface area (Å²) in [6.45, 7) is 4.22. The molecule has 1 fully saturated rings. The molecule has 0 bridgehead atoms. The highest BCUT2D eigenvalue weighted by Gasteiger charge is 2.33. The minimum Gasteiger partial charge on any atom is -0.320 e. The summed E-state index contributed by atoms with van der Waals surface area (Å²) < 4.78 is 38.5. The number of benzene rings is 1. The smallest absolute Gasteiger partial charge is 0.286 e. The zero-order chi connectivity index (χ0) is 22.7. The van der Waals surface area contributed by atoms with Crippen LogP contribution in [0.2, 0.25) is 0 Å². The number of hydrogen-bond donors (Lipinski definition) is 1. The Hall–Kier alpha value is -2.64. The summed E-state index contributed by atoms with van der Waals surface area (Å²) in [4.78, 5) is 12.3. The molecule has 1 aromatic carbocycles. The Labute approximate surface area is 192 Å². The fraction of sp³-hybridized carbons (Fsp3) is 0.316. The number of carbonyl (C=O) groups excluding carboxylic acids is 1. The van der Waals surface area contributed by atoms with Crippen molar-refractivity contribution >= 4 is 44.5 Å². The SMILES string of the molecule is C=CCn1c(SCc2nnc(C(=O)Nc3ccc(F)cc3)s2)nnc1C1CCS(=O)(=O)C1. The maximum atomic E-state index is 13.0. The van der Waals surface area contributed by atoms with Crippen molar-refractivity contribution in [3.63, 3.8) is 0 Å². The number of aromatic nitrogens is 5. The molecule has 4 rings (SSSR count). The van der Waals surface area contributed by atoms with E-state index in [2.05, 4.69) is 32.3 Å². The third kappa shape index (κ3) is 5.22. The third-order valence-electron chi connectivity index (χ3n) is 4.74. The number of anilines is 1. The number of carbonyl (C=O) groups is 1. The number of amides is 1. The lowest BCUT2D eigenvalue weighted by atomic mass is 10.1. The predicted octanol–water partition coefficient (Wildman–Crippen LogP) is 2.90. The zero-order valence-corrected chi connectivity index (χ0v) is 19.2. The Kier molecular flexibility index (Phi) is 6.67. The zero-order valence-electron chi connectivity index (χ0n) is 16.8. The van der Waals surface area contributed by atoms with E-state index in [0.717, 1.165) is 11.3 Å². The highest BCUT2D eigenvalue weighted by atomic mass is 32.2. The summed E-state index contributed by atoms with van der Waals surface area (Å²) in [7, 11) is -3.04. The average molecular weight is 495 g/mol. The van der Waals surface area contributed by atoms with Crippen LogP contribution in [0.3, 0.4) is 0 Å². The molecular weight excluding hydrogens is 475 g/mol. The van der Waals surface area contributed by atoms with Crippen LogP contribution in [0, 0.1) is 5.82 Å². The monoisotopic (exact) mass is 494 g/mol. The van der Waals surface area contributed by atoms with Crippen molar-refractivity contribution in [1.82, 2.24) is 25.0 Å². The summed E-state index contributed by atoms with van der Waals surface area (Å²) in [6, 6.07) is 5.44. The molecule has 3 aromatic rings. The molecule has 0 spiro atoms. The van der Waals surface area contributed by atoms with Crippen LogP contribution in [-0.2, 0) is 22.1 Å². The lowest BCUT2D eigenvalue weighted by Gasteiger charge is -2.10. The van der Waals surface area contributed by atoms with Gasteiger partial charge in [0.2, 0.25) is 5.01 Å². The number of rotatable bonds is 8. The van der Waals surface area contributed by atoms with Crippen LogP contribution in [0.5, 0.6) is 0 Å². The number of allylic oxidation sites excluding steroid dienone is 1. The molecular formula is C19H19FN6O3S3. The summed E-state index contributed by atoms with van der Waals surface area (Å²) in [5.41, 5.74) is 0.460. The van der Waals surface area contributed by atoms with E-state index < -0.39 is 15.7 Å². The van der Waals surface area contributed by atoms with Crippen LogP contribution < -0.4 is 5.32 Å². The van der Waals surface area contributed by atoms with Gasteiger partial charge in [-0.1, -0.05) is 29.2 Å². The summed E-state index contributed by atoms with van der Waals surface area (Å²) in [6.07, 6.45) is 2.24. The molecule has 1 unspecified atom stereocenters. The maximum absolute atomic E-state index is 13.0. The minimum atomic E-state index is -3.04. The second-order valence-electron chi connectivity index (χ2n) is 7.09. The number of hydrogen-bond acceptors (Lipinski definition) is 9. The summed E-state index contributed by atoms with van der Waals surface area (Å²) >= 11 is 2.52. The van der Waals surface area contributed by atoms with E-state index >= 15 is 0 Å². The summed E-state index contributed by atoms with van der Waals surface area (Å²) in [5, 5.41) is 20.5. The average Bonchev–Trinajstić information content (AvgIpc) is 3.47. The lowest BCUT2D eigenvalue weighted by Crippen LogP contribution is -2.11. The molecule has 0 radical (unpaired) electrons. The first-order chi connectivity index (χ1) is 15.3. The molecule has 1 aliphatic rings. The molecule has 13 heteroatoms. The Morgan fingerprint density at radius 3 is 2.75 bits per heavy atom.